The van der Waals surface area contributed by atoms with E-state index >= 15 is 0 Å². The van der Waals surface area contributed by atoms with Gasteiger partial charge in [-0.2, -0.15) is 0 Å². The number of allylic oxidation sites excluding steroid dienone is 1. The number of ether oxygens (including phenoxy) is 1. The molecule has 20 heavy (non-hydrogen) atoms. The van der Waals surface area contributed by atoms with Gasteiger partial charge in [-0.3, -0.25) is 0 Å². The van der Waals surface area contributed by atoms with Crippen molar-refractivity contribution in [1.29, 1.82) is 0 Å². The summed E-state index contributed by atoms with van der Waals surface area (Å²) >= 11 is 4.91. The molecule has 0 saturated carbocycles. The number of para-hydroxylation sites is 1. The first kappa shape index (κ1) is 15.1. The second-order valence-corrected chi connectivity index (χ2v) is 5.35. The number of nitrogens with zero attached hydrogens (tertiary/aromatic N) is 1. The number of benzene rings is 1. The van der Waals surface area contributed by atoms with E-state index in [1.54, 1.807) is 0 Å². The van der Waals surface area contributed by atoms with E-state index in [0.29, 0.717) is 11.3 Å². The molecule has 0 fully saturated rings. The van der Waals surface area contributed by atoms with Gasteiger partial charge >= 0.3 is 128 Å². The van der Waals surface area contributed by atoms with Gasteiger partial charge in [-0.25, -0.2) is 0 Å². The first-order valence-electron chi connectivity index (χ1n) is 6.48. The third-order valence-corrected chi connectivity index (χ3v) is 3.62. The second-order valence-electron chi connectivity index (χ2n) is 4.89. The summed E-state index contributed by atoms with van der Waals surface area (Å²) < 4.78 is 6.30. The number of nitrogens with one attached hydrogen (secondary N) is 1. The Labute approximate surface area is 128 Å². The van der Waals surface area contributed by atoms with Crippen LogP contribution in [0, 0.1) is 18.4 Å². The van der Waals surface area contributed by atoms with Gasteiger partial charge in [-0.1, -0.05) is 0 Å². The summed E-state index contributed by atoms with van der Waals surface area (Å²) in [5, 5.41) is 3.32. The minimum absolute atomic E-state index is 0.0867. The molecule has 0 radical (unpaired) electrons. The average Bonchev–Trinajstić information content (AvgIpc) is 2.45. The summed E-state index contributed by atoms with van der Waals surface area (Å²) in [6, 6.07) is 8.11. The molecule has 3 nitrogen and oxygen atoms in total. The molecule has 1 unspecified atom stereocenters. The van der Waals surface area contributed by atoms with Crippen LogP contribution in [0.4, 0.5) is 0 Å². The van der Waals surface area contributed by atoms with Gasteiger partial charge in [0.15, 0.2) is 0 Å². The van der Waals surface area contributed by atoms with E-state index in [2.05, 4.69) is 30.2 Å². The Morgan fingerprint density at radius 3 is 2.95 bits per heavy atom. The van der Waals surface area contributed by atoms with Crippen LogP contribution in [0.25, 0.3) is 0 Å². The van der Waals surface area contributed by atoms with Gasteiger partial charge in [0, 0.05) is 0 Å². The van der Waals surface area contributed by atoms with Crippen molar-refractivity contribution in [2.75, 3.05) is 6.61 Å². The summed E-state index contributed by atoms with van der Waals surface area (Å²) in [5.41, 5.74) is 1.12. The Hall–Kier alpha value is -1.25. The van der Waals surface area contributed by atoms with E-state index in [1.165, 1.54) is 18.2 Å². The Morgan fingerprint density at radius 1 is 1.50 bits per heavy atom. The van der Waals surface area contributed by atoms with E-state index in [0.717, 1.165) is 11.3 Å². The maximum absolute atomic E-state index is 5.83. The molecule has 110 valence electrons. The first-order chi connectivity index (χ1) is 9.63. The molecule has 1 aliphatic rings. The molecule has 0 spiro atoms. The Kier molecular flexibility index (Phi) is 5.27. The van der Waals surface area contributed by atoms with E-state index < -0.39 is 0 Å². The van der Waals surface area contributed by atoms with Gasteiger partial charge in [0.05, 0.1) is 0 Å². The summed E-state index contributed by atoms with van der Waals surface area (Å²) in [6.45, 7) is 10.2. The molecule has 2 rings (SSSR count). The average molecular weight is 313 g/mol. The molecule has 1 aromatic carbocycles. The van der Waals surface area contributed by atoms with Gasteiger partial charge in [0.2, 0.25) is 0 Å². The number of aliphatic imine (C=N–C) groups is 1. The molecule has 1 aromatic rings. The zero-order chi connectivity index (χ0) is 14.5. The van der Waals surface area contributed by atoms with Crippen molar-refractivity contribution in [3.63, 3.8) is 0 Å². The monoisotopic (exact) mass is 312 g/mol. The molecular weight excluding hydrogens is 295 g/mol. The normalized spacial score (nSPS) is 21.6. The number of hydrogen-bond donors (Lipinski definition) is 1. The van der Waals surface area contributed by atoms with E-state index in [1.807, 2.05) is 18.2 Å². The zero-order valence-electron chi connectivity index (χ0n) is 11.6. The molecule has 2 atom stereocenters. The van der Waals surface area contributed by atoms with Crippen LogP contribution in [-0.2, 0) is 15.0 Å². The quantitative estimate of drug-likeness (QED) is 0.515. The van der Waals surface area contributed by atoms with Gasteiger partial charge in [-0.05, 0) is 0 Å². The Balaban J connectivity index is 2.26. The fourth-order valence-corrected chi connectivity index (χ4v) is 2.53. The summed E-state index contributed by atoms with van der Waals surface area (Å²) in [5.74, 6) is 2.48. The third kappa shape index (κ3) is 3.44. The van der Waals surface area contributed by atoms with Gasteiger partial charge < -0.3 is 0 Å². The van der Waals surface area contributed by atoms with Gasteiger partial charge in [0.1, 0.15) is 0 Å². The molecule has 0 amide bonds. The third-order valence-electron chi connectivity index (χ3n) is 3.35. The summed E-state index contributed by atoms with van der Waals surface area (Å²) in [6.07, 6.45) is 2.86. The zero-order valence-corrected chi connectivity index (χ0v) is 12.6. The van der Waals surface area contributed by atoms with Crippen LogP contribution in [0.15, 0.2) is 35.3 Å². The predicted molar refractivity (Wildman–Crippen MR) is 78.3 cm³/mol. The molecule has 1 aliphatic heterocycles. The van der Waals surface area contributed by atoms with Crippen molar-refractivity contribution in [1.82, 2.24) is 5.32 Å². The Morgan fingerprint density at radius 2 is 2.25 bits per heavy atom. The van der Waals surface area contributed by atoms with E-state index in [9.17, 15) is 0 Å². The van der Waals surface area contributed by atoms with E-state index in [4.69, 9.17) is 26.3 Å². The van der Waals surface area contributed by atoms with Crippen LogP contribution in [-0.4, -0.2) is 17.6 Å². The summed E-state index contributed by atoms with van der Waals surface area (Å²) in [7, 11) is 0. The number of rotatable bonds is 5. The minimum atomic E-state index is 0.0867. The number of fused-ring (bicyclic) bond motifs is 1. The second kappa shape index (κ2) is 6.96. The van der Waals surface area contributed by atoms with Crippen LogP contribution in [0.3, 0.4) is 0 Å². The maximum atomic E-state index is 5.83. The Bertz CT molecular complexity index is 525. The van der Waals surface area contributed by atoms with Crippen molar-refractivity contribution in [3.8, 4) is 5.75 Å². The first-order valence-corrected chi connectivity index (χ1v) is 6.98. The van der Waals surface area contributed by atoms with Crippen molar-refractivity contribution >= 4 is 11.0 Å². The van der Waals surface area contributed by atoms with Crippen LogP contribution in [0.5, 0.6) is 5.75 Å². The molecule has 4 heteroatoms. The van der Waals surface area contributed by atoms with Crippen LogP contribution < -0.4 is 10.1 Å². The van der Waals surface area contributed by atoms with Crippen LogP contribution in [0.2, 0.25) is 0 Å². The topological polar surface area (TPSA) is 33.6 Å². The molecule has 0 bridgehead atoms. The van der Waals surface area contributed by atoms with Crippen molar-refractivity contribution in [2.45, 2.75) is 19.9 Å². The molecule has 0 aromatic heterocycles. The number of hydrogen-bond acceptors (Lipinski definition) is 3. The van der Waals surface area contributed by atoms with Gasteiger partial charge in [0.25, 0.3) is 0 Å². The fourth-order valence-electron chi connectivity index (χ4n) is 2.30. The van der Waals surface area contributed by atoms with Crippen molar-refractivity contribution in [3.05, 3.63) is 48.4 Å². The SMILES string of the molecule is [CH-]=C/C=N\[C](=[Ni])N[C@H]1c2ccccc2OCC1[C-](C)C. The molecule has 1 N–H and O–H groups in total. The van der Waals surface area contributed by atoms with Crippen LogP contribution >= 0.6 is 0 Å². The van der Waals surface area contributed by atoms with Gasteiger partial charge in [-0.15, -0.1) is 0 Å². The predicted octanol–water partition coefficient (Wildman–Crippen LogP) is 2.63. The molecule has 0 aliphatic carbocycles. The fraction of sp³-hybridized carbons (Fsp3) is 0.312. The molecule has 1 heterocycles. The molecular formula is C16H18N2NiO-2. The standard InChI is InChI=1S/C16H18N2O.Ni/c1-4-9-17-11-18-16-13-7-5-6-8-15(13)19-10-14(16)12(2)3;/h1,4-9,14,16,18H,10H2,2-3H3;/q-2;/b17-9-;/t14?,16-;/m0./s1. The van der Waals surface area contributed by atoms with E-state index in [-0.39, 0.29) is 12.0 Å². The van der Waals surface area contributed by atoms with Crippen LogP contribution in [0.1, 0.15) is 25.5 Å². The summed E-state index contributed by atoms with van der Waals surface area (Å²) in [4.78, 5) is 4.09. The molecule has 0 saturated heterocycles. The van der Waals surface area contributed by atoms with Crippen molar-refractivity contribution in [2.24, 2.45) is 10.9 Å². The van der Waals surface area contributed by atoms with Crippen molar-refractivity contribution < 1.29 is 19.8 Å².